The minimum Gasteiger partial charge on any atom is -0.455 e. The number of nitrogens with zero attached hydrogens (tertiary/aromatic N) is 2. The number of benzene rings is 6. The van der Waals surface area contributed by atoms with Crippen LogP contribution in [0.3, 0.4) is 0 Å². The van der Waals surface area contributed by atoms with Gasteiger partial charge in [0.15, 0.2) is 0 Å². The summed E-state index contributed by atoms with van der Waals surface area (Å²) in [5.74, 6) is 0.545. The number of hydrogen-bond donors (Lipinski definition) is 0. The minimum absolute atomic E-state index is 0.123. The molecule has 0 spiro atoms. The van der Waals surface area contributed by atoms with Crippen molar-refractivity contribution in [3.05, 3.63) is 203 Å². The van der Waals surface area contributed by atoms with Crippen LogP contribution in [0.2, 0.25) is 0 Å². The van der Waals surface area contributed by atoms with Gasteiger partial charge in [-0.2, -0.15) is 0 Å². The smallest absolute Gasteiger partial charge is 0.143 e. The molecule has 0 radical (unpaired) electrons. The topological polar surface area (TPSA) is 38.4 Å². The molecule has 3 heterocycles. The molecule has 1 aliphatic carbocycles. The van der Waals surface area contributed by atoms with Crippen LogP contribution in [0, 0.1) is 12.8 Å². The maximum absolute atomic E-state index is 6.35. The largest absolute Gasteiger partial charge is 0.455 e. The number of fused-ring (bicyclic) bond motifs is 6. The predicted octanol–water partition coefficient (Wildman–Crippen LogP) is 13.9. The van der Waals surface area contributed by atoms with Gasteiger partial charge in [0.1, 0.15) is 16.7 Å². The lowest BCUT2D eigenvalue weighted by molar-refractivity contribution is 0.402. The molecule has 0 fully saturated rings. The van der Waals surface area contributed by atoms with E-state index in [9.17, 15) is 0 Å². The molecule has 0 N–H and O–H groups in total. The average molecular weight is 737 g/mol. The molecule has 1 aliphatic heterocycles. The molecule has 57 heavy (non-hydrogen) atoms. The van der Waals surface area contributed by atoms with E-state index in [0.29, 0.717) is 5.92 Å². The number of aryl methyl sites for hydroxylation is 1. The maximum Gasteiger partial charge on any atom is 0.143 e. The number of hydrogen-bond acceptors (Lipinski definition) is 3. The Kier molecular flexibility index (Phi) is 8.67. The monoisotopic (exact) mass is 736 g/mol. The van der Waals surface area contributed by atoms with Crippen LogP contribution >= 0.6 is 0 Å². The highest BCUT2D eigenvalue weighted by Crippen LogP contribution is 2.44. The quantitative estimate of drug-likeness (QED) is 0.156. The summed E-state index contributed by atoms with van der Waals surface area (Å²) in [6, 6.07) is 54.4. The second kappa shape index (κ2) is 14.2. The summed E-state index contributed by atoms with van der Waals surface area (Å²) in [5.41, 5.74) is 16.5. The average Bonchev–Trinajstić information content (AvgIpc) is 3.65. The second-order valence-electron chi connectivity index (χ2n) is 15.8. The standard InChI is InChI=1S/C54H44N2O/c1-4-37(44-14-7-8-15-46(44)43-13-6-5-12-35(43)2)34-36-20-22-39(23-21-36)49-32-29-41-28-30-42-31-33-50(56-54(42,3)53(41)55-49)40-26-24-38(25-27-40)45-17-11-18-48-47-16-9-10-19-51(47)57-52(45)48/h5-33,37,42H,4,34H2,1-3H3. The molecule has 6 aromatic carbocycles. The molecular formula is C54H44N2O. The normalized spacial score (nSPS) is 17.7. The van der Waals surface area contributed by atoms with Crippen molar-refractivity contribution in [2.75, 3.05) is 0 Å². The first-order valence-corrected chi connectivity index (χ1v) is 20.2. The van der Waals surface area contributed by atoms with Gasteiger partial charge in [-0.1, -0.05) is 165 Å². The van der Waals surface area contributed by atoms with E-state index in [0.717, 1.165) is 79.7 Å². The molecule has 0 saturated carbocycles. The van der Waals surface area contributed by atoms with Gasteiger partial charge in [-0.15, -0.1) is 0 Å². The zero-order chi connectivity index (χ0) is 38.5. The molecule has 2 aliphatic rings. The first-order valence-electron chi connectivity index (χ1n) is 20.2. The second-order valence-corrected chi connectivity index (χ2v) is 15.8. The zero-order valence-corrected chi connectivity index (χ0v) is 32.6. The first kappa shape index (κ1) is 34.9. The molecular weight excluding hydrogens is 693 g/mol. The van der Waals surface area contributed by atoms with Crippen molar-refractivity contribution >= 4 is 33.7 Å². The third-order valence-electron chi connectivity index (χ3n) is 12.3. The van der Waals surface area contributed by atoms with Crippen molar-refractivity contribution in [1.82, 2.24) is 4.98 Å². The fourth-order valence-corrected chi connectivity index (χ4v) is 9.08. The van der Waals surface area contributed by atoms with Crippen LogP contribution in [0.4, 0.5) is 0 Å². The number of dihydropyridines is 1. The van der Waals surface area contributed by atoms with Gasteiger partial charge in [-0.25, -0.2) is 4.98 Å². The highest BCUT2D eigenvalue weighted by molar-refractivity contribution is 6.11. The van der Waals surface area contributed by atoms with Gasteiger partial charge in [0.05, 0.1) is 17.1 Å². The lowest BCUT2D eigenvalue weighted by Gasteiger charge is -2.37. The highest BCUT2D eigenvalue weighted by atomic mass is 16.3. The molecule has 0 saturated heterocycles. The Hall–Kier alpha value is -6.58. The number of aliphatic imine (C=N–C) groups is 1. The Morgan fingerprint density at radius 2 is 1.32 bits per heavy atom. The van der Waals surface area contributed by atoms with E-state index in [4.69, 9.17) is 14.4 Å². The van der Waals surface area contributed by atoms with E-state index >= 15 is 0 Å². The summed E-state index contributed by atoms with van der Waals surface area (Å²) in [5, 5.41) is 2.28. The van der Waals surface area contributed by atoms with Crippen LogP contribution in [0.1, 0.15) is 59.7 Å². The van der Waals surface area contributed by atoms with Crippen LogP contribution in [-0.4, -0.2) is 10.7 Å². The number of furan rings is 1. The van der Waals surface area contributed by atoms with Crippen LogP contribution in [0.15, 0.2) is 179 Å². The summed E-state index contributed by atoms with van der Waals surface area (Å²) in [4.78, 5) is 10.9. The van der Waals surface area contributed by atoms with Gasteiger partial charge in [0.2, 0.25) is 0 Å². The number of para-hydroxylation sites is 2. The lowest BCUT2D eigenvalue weighted by atomic mass is 9.75. The number of pyridine rings is 1. The zero-order valence-electron chi connectivity index (χ0n) is 32.6. The van der Waals surface area contributed by atoms with Crippen molar-refractivity contribution in [3.63, 3.8) is 0 Å². The number of aromatic nitrogens is 1. The van der Waals surface area contributed by atoms with Gasteiger partial charge in [-0.05, 0) is 95.3 Å². The van der Waals surface area contributed by atoms with Crippen LogP contribution in [-0.2, 0) is 12.0 Å². The van der Waals surface area contributed by atoms with E-state index in [2.05, 4.69) is 185 Å². The van der Waals surface area contributed by atoms with Crippen LogP contribution in [0.25, 0.3) is 61.5 Å². The summed E-state index contributed by atoms with van der Waals surface area (Å²) in [6.45, 7) is 6.75. The van der Waals surface area contributed by atoms with E-state index in [-0.39, 0.29) is 5.92 Å². The van der Waals surface area contributed by atoms with Crippen molar-refractivity contribution in [1.29, 1.82) is 0 Å². The van der Waals surface area contributed by atoms with Gasteiger partial charge in [0, 0.05) is 27.8 Å². The SMILES string of the molecule is CCC(Cc1ccc(-c2ccc3c(n2)C2(C)N=C(c4ccc(-c5cccc6c5oc5ccccc56)cc4)C=CC2C=C3)cc1)c1ccccc1-c1ccccc1C. The summed E-state index contributed by atoms with van der Waals surface area (Å²) in [7, 11) is 0. The Morgan fingerprint density at radius 3 is 2.14 bits per heavy atom. The minimum atomic E-state index is -0.526. The molecule has 3 nitrogen and oxygen atoms in total. The highest BCUT2D eigenvalue weighted by Gasteiger charge is 2.40. The van der Waals surface area contributed by atoms with Gasteiger partial charge >= 0.3 is 0 Å². The van der Waals surface area contributed by atoms with Crippen molar-refractivity contribution < 1.29 is 4.42 Å². The van der Waals surface area contributed by atoms with Crippen LogP contribution in [0.5, 0.6) is 0 Å². The van der Waals surface area contributed by atoms with Crippen molar-refractivity contribution in [2.24, 2.45) is 10.9 Å². The Bertz CT molecular complexity index is 2890. The Labute approximate surface area is 334 Å². The molecule has 8 aromatic rings. The Balaban J connectivity index is 0.918. The fraction of sp³-hybridized carbons (Fsp3) is 0.148. The predicted molar refractivity (Wildman–Crippen MR) is 238 cm³/mol. The van der Waals surface area contributed by atoms with E-state index in [1.54, 1.807) is 0 Å². The van der Waals surface area contributed by atoms with Gasteiger partial charge in [0.25, 0.3) is 0 Å². The number of allylic oxidation sites excluding steroid dienone is 1. The molecule has 10 rings (SSSR count). The van der Waals surface area contributed by atoms with E-state index in [1.807, 2.05) is 12.1 Å². The number of rotatable bonds is 8. The third-order valence-corrected chi connectivity index (χ3v) is 12.3. The van der Waals surface area contributed by atoms with Gasteiger partial charge < -0.3 is 4.42 Å². The molecule has 0 bridgehead atoms. The van der Waals surface area contributed by atoms with E-state index in [1.165, 1.54) is 27.8 Å². The molecule has 3 heteroatoms. The molecule has 3 atom stereocenters. The van der Waals surface area contributed by atoms with Gasteiger partial charge in [-0.3, -0.25) is 4.99 Å². The Morgan fingerprint density at radius 1 is 0.632 bits per heavy atom. The lowest BCUT2D eigenvalue weighted by Crippen LogP contribution is -2.35. The third kappa shape index (κ3) is 6.15. The van der Waals surface area contributed by atoms with Crippen molar-refractivity contribution in [3.8, 4) is 33.5 Å². The molecule has 2 aromatic heterocycles. The molecule has 0 amide bonds. The molecule has 276 valence electrons. The summed E-state index contributed by atoms with van der Waals surface area (Å²) < 4.78 is 6.35. The summed E-state index contributed by atoms with van der Waals surface area (Å²) >= 11 is 0. The van der Waals surface area contributed by atoms with Crippen molar-refractivity contribution in [2.45, 2.75) is 45.1 Å². The maximum atomic E-state index is 6.35. The van der Waals surface area contributed by atoms with Crippen LogP contribution < -0.4 is 0 Å². The molecule has 3 unspecified atom stereocenters. The summed E-state index contributed by atoms with van der Waals surface area (Å²) in [6.07, 6.45) is 11.0. The van der Waals surface area contributed by atoms with E-state index < -0.39 is 5.54 Å². The first-order chi connectivity index (χ1) is 28.0. The fourth-order valence-electron chi connectivity index (χ4n) is 9.08.